The summed E-state index contributed by atoms with van der Waals surface area (Å²) in [6.45, 7) is 8.20. The van der Waals surface area contributed by atoms with E-state index in [1.54, 1.807) is 29.2 Å². The van der Waals surface area contributed by atoms with Crippen LogP contribution in [0.4, 0.5) is 5.69 Å². The van der Waals surface area contributed by atoms with Gasteiger partial charge < -0.3 is 9.80 Å². The van der Waals surface area contributed by atoms with Gasteiger partial charge in [0.25, 0.3) is 15.9 Å². The van der Waals surface area contributed by atoms with E-state index < -0.39 is 10.0 Å². The van der Waals surface area contributed by atoms with Crippen LogP contribution >= 0.6 is 0 Å². The van der Waals surface area contributed by atoms with Crippen molar-refractivity contribution in [3.05, 3.63) is 59.7 Å². The lowest BCUT2D eigenvalue weighted by atomic mass is 9.94. The molecule has 0 bridgehead atoms. The molecule has 2 aromatic rings. The van der Waals surface area contributed by atoms with Crippen molar-refractivity contribution < 1.29 is 18.0 Å². The highest BCUT2D eigenvalue weighted by Gasteiger charge is 2.30. The van der Waals surface area contributed by atoms with Gasteiger partial charge in [-0.2, -0.15) is 0 Å². The van der Waals surface area contributed by atoms with Crippen LogP contribution in [-0.4, -0.2) is 56.2 Å². The van der Waals surface area contributed by atoms with Crippen LogP contribution in [0.2, 0.25) is 0 Å². The predicted octanol–water partition coefficient (Wildman–Crippen LogP) is 3.52. The van der Waals surface area contributed by atoms with Gasteiger partial charge in [0, 0.05) is 43.3 Å². The minimum Gasteiger partial charge on any atom is -0.343 e. The number of likely N-dealkylation sites (tertiary alicyclic amines) is 1. The second kappa shape index (κ2) is 10.2. The Morgan fingerprint density at radius 1 is 1.03 bits per heavy atom. The Labute approximate surface area is 190 Å². The van der Waals surface area contributed by atoms with Crippen molar-refractivity contribution in [1.29, 1.82) is 0 Å². The summed E-state index contributed by atoms with van der Waals surface area (Å²) in [5.74, 6) is -0.132. The number of rotatable bonds is 7. The van der Waals surface area contributed by atoms with Crippen molar-refractivity contribution in [3.8, 4) is 0 Å². The van der Waals surface area contributed by atoms with Gasteiger partial charge in [0.1, 0.15) is 0 Å². The number of carbonyl (C=O) groups excluding carboxylic acids is 2. The molecule has 1 fully saturated rings. The first-order valence-corrected chi connectivity index (χ1v) is 12.5. The average Bonchev–Trinajstić information content (AvgIpc) is 2.81. The van der Waals surface area contributed by atoms with Crippen LogP contribution in [-0.2, 0) is 14.8 Å². The van der Waals surface area contributed by atoms with Gasteiger partial charge in [0.15, 0.2) is 0 Å². The SMILES string of the molecule is CCN(CC)C(=O)C1CCN(C(=O)c2cccc(S(=O)(=O)Nc3ccc(C)cc3)c2)CC1. The number of sulfonamides is 1. The topological polar surface area (TPSA) is 86.8 Å². The van der Waals surface area contributed by atoms with Crippen LogP contribution in [0, 0.1) is 12.8 Å². The van der Waals surface area contributed by atoms with Gasteiger partial charge in [0.05, 0.1) is 4.90 Å². The molecular weight excluding hydrogens is 426 g/mol. The molecule has 8 heteroatoms. The molecule has 1 aliphatic heterocycles. The van der Waals surface area contributed by atoms with Gasteiger partial charge in [-0.05, 0) is 63.9 Å². The lowest BCUT2D eigenvalue weighted by molar-refractivity contribution is -0.136. The third-order valence-corrected chi connectivity index (χ3v) is 7.28. The number of piperidine rings is 1. The molecule has 1 aliphatic rings. The summed E-state index contributed by atoms with van der Waals surface area (Å²) in [5.41, 5.74) is 1.82. The molecule has 1 heterocycles. The van der Waals surface area contributed by atoms with Crippen molar-refractivity contribution in [1.82, 2.24) is 9.80 Å². The molecule has 1 saturated heterocycles. The Kier molecular flexibility index (Phi) is 7.56. The molecule has 172 valence electrons. The molecule has 0 radical (unpaired) electrons. The van der Waals surface area contributed by atoms with Crippen LogP contribution in [0.1, 0.15) is 42.6 Å². The smallest absolute Gasteiger partial charge is 0.261 e. The van der Waals surface area contributed by atoms with E-state index in [0.717, 1.165) is 5.56 Å². The maximum atomic E-state index is 13.0. The van der Waals surface area contributed by atoms with Gasteiger partial charge in [-0.15, -0.1) is 0 Å². The lowest BCUT2D eigenvalue weighted by Crippen LogP contribution is -2.44. The number of nitrogens with zero attached hydrogens (tertiary/aromatic N) is 2. The first kappa shape index (κ1) is 23.8. The maximum absolute atomic E-state index is 13.0. The number of benzene rings is 2. The zero-order valence-electron chi connectivity index (χ0n) is 18.9. The van der Waals surface area contributed by atoms with Crippen molar-refractivity contribution in [3.63, 3.8) is 0 Å². The van der Waals surface area contributed by atoms with Crippen LogP contribution < -0.4 is 4.72 Å². The highest BCUT2D eigenvalue weighted by Crippen LogP contribution is 2.23. The van der Waals surface area contributed by atoms with Crippen LogP contribution in [0.3, 0.4) is 0 Å². The molecule has 1 N–H and O–H groups in total. The van der Waals surface area contributed by atoms with Crippen molar-refractivity contribution >= 4 is 27.5 Å². The highest BCUT2D eigenvalue weighted by molar-refractivity contribution is 7.92. The minimum atomic E-state index is -3.82. The Balaban J connectivity index is 1.68. The quantitative estimate of drug-likeness (QED) is 0.689. The van der Waals surface area contributed by atoms with E-state index in [1.807, 2.05) is 37.8 Å². The van der Waals surface area contributed by atoms with E-state index in [4.69, 9.17) is 0 Å². The Bertz CT molecular complexity index is 1050. The largest absolute Gasteiger partial charge is 0.343 e. The van der Waals surface area contributed by atoms with Crippen LogP contribution in [0.5, 0.6) is 0 Å². The molecule has 2 aromatic carbocycles. The van der Waals surface area contributed by atoms with E-state index >= 15 is 0 Å². The fourth-order valence-corrected chi connectivity index (χ4v) is 5.04. The zero-order valence-corrected chi connectivity index (χ0v) is 19.7. The standard InChI is InChI=1S/C24H31N3O4S/c1-4-26(5-2)23(28)19-13-15-27(16-14-19)24(29)20-7-6-8-22(17-20)32(30,31)25-21-11-9-18(3)10-12-21/h6-12,17,19,25H,4-5,13-16H2,1-3H3. The maximum Gasteiger partial charge on any atom is 0.261 e. The molecule has 0 unspecified atom stereocenters. The van der Waals surface area contributed by atoms with Crippen molar-refractivity contribution in [2.24, 2.45) is 5.92 Å². The van der Waals surface area contributed by atoms with Gasteiger partial charge in [-0.1, -0.05) is 23.8 Å². The number of anilines is 1. The summed E-state index contributed by atoms with van der Waals surface area (Å²) >= 11 is 0. The first-order chi connectivity index (χ1) is 15.2. The monoisotopic (exact) mass is 457 g/mol. The minimum absolute atomic E-state index is 0.0375. The van der Waals surface area contributed by atoms with E-state index in [-0.39, 0.29) is 22.6 Å². The third kappa shape index (κ3) is 5.48. The number of aryl methyl sites for hydroxylation is 1. The van der Waals surface area contributed by atoms with Gasteiger partial charge in [0.2, 0.25) is 5.91 Å². The number of amides is 2. The molecule has 0 saturated carbocycles. The van der Waals surface area contributed by atoms with Crippen molar-refractivity contribution in [2.45, 2.75) is 38.5 Å². The van der Waals surface area contributed by atoms with Gasteiger partial charge in [-0.3, -0.25) is 14.3 Å². The molecular formula is C24H31N3O4S. The van der Waals surface area contributed by atoms with Crippen LogP contribution in [0.15, 0.2) is 53.4 Å². The van der Waals surface area contributed by atoms with Crippen LogP contribution in [0.25, 0.3) is 0 Å². The average molecular weight is 458 g/mol. The number of carbonyl (C=O) groups is 2. The fraction of sp³-hybridized carbons (Fsp3) is 0.417. The summed E-state index contributed by atoms with van der Waals surface area (Å²) in [4.78, 5) is 29.2. The summed E-state index contributed by atoms with van der Waals surface area (Å²) in [6.07, 6.45) is 1.24. The molecule has 2 amide bonds. The van der Waals surface area contributed by atoms with Gasteiger partial charge >= 0.3 is 0 Å². The summed E-state index contributed by atoms with van der Waals surface area (Å²) in [5, 5.41) is 0. The molecule has 0 aliphatic carbocycles. The second-order valence-corrected chi connectivity index (χ2v) is 9.76. The normalized spacial score (nSPS) is 14.8. The van der Waals surface area contributed by atoms with E-state index in [1.165, 1.54) is 12.1 Å². The van der Waals surface area contributed by atoms with Gasteiger partial charge in [-0.25, -0.2) is 8.42 Å². The Morgan fingerprint density at radius 3 is 2.25 bits per heavy atom. The fourth-order valence-electron chi connectivity index (χ4n) is 3.94. The Hall–Kier alpha value is -2.87. The molecule has 0 spiro atoms. The summed E-state index contributed by atoms with van der Waals surface area (Å²) in [7, 11) is -3.82. The lowest BCUT2D eigenvalue weighted by Gasteiger charge is -2.33. The predicted molar refractivity (Wildman–Crippen MR) is 125 cm³/mol. The molecule has 0 aromatic heterocycles. The highest BCUT2D eigenvalue weighted by atomic mass is 32.2. The van der Waals surface area contributed by atoms with E-state index in [2.05, 4.69) is 4.72 Å². The molecule has 32 heavy (non-hydrogen) atoms. The number of nitrogens with one attached hydrogen (secondary N) is 1. The first-order valence-electron chi connectivity index (χ1n) is 11.0. The van der Waals surface area contributed by atoms with Crippen molar-refractivity contribution in [2.75, 3.05) is 30.9 Å². The molecule has 3 rings (SSSR count). The number of hydrogen-bond donors (Lipinski definition) is 1. The Morgan fingerprint density at radius 2 is 1.66 bits per heavy atom. The second-order valence-electron chi connectivity index (χ2n) is 8.08. The number of hydrogen-bond acceptors (Lipinski definition) is 4. The third-order valence-electron chi connectivity index (χ3n) is 5.90. The zero-order chi connectivity index (χ0) is 23.3. The van der Waals surface area contributed by atoms with E-state index in [9.17, 15) is 18.0 Å². The molecule has 0 atom stereocenters. The summed E-state index contributed by atoms with van der Waals surface area (Å²) in [6, 6.07) is 13.1. The van der Waals surface area contributed by atoms with E-state index in [0.29, 0.717) is 50.3 Å². The molecule has 7 nitrogen and oxygen atoms in total. The summed E-state index contributed by atoms with van der Waals surface area (Å²) < 4.78 is 28.1.